The van der Waals surface area contributed by atoms with Crippen LogP contribution in [-0.2, 0) is 6.54 Å². The lowest BCUT2D eigenvalue weighted by molar-refractivity contribution is 0.0943. The molecule has 4 aromatic rings. The molecule has 0 saturated carbocycles. The molecule has 128 valence electrons. The number of H-pyrrole nitrogens is 1. The van der Waals surface area contributed by atoms with E-state index < -0.39 is 6.04 Å². The van der Waals surface area contributed by atoms with Crippen molar-refractivity contribution in [3.8, 4) is 0 Å². The van der Waals surface area contributed by atoms with Crippen molar-refractivity contribution in [2.24, 2.45) is 0 Å². The maximum Gasteiger partial charge on any atom is 0.186 e. The molecule has 0 amide bonds. The average Bonchev–Trinajstić information content (AvgIpc) is 3.14. The highest BCUT2D eigenvalue weighted by Crippen LogP contribution is 2.25. The lowest BCUT2D eigenvalue weighted by Gasteiger charge is -2.18. The van der Waals surface area contributed by atoms with E-state index in [-0.39, 0.29) is 5.78 Å². The SMILES string of the molecule is O=C(c1c[nH]c2ccccc12)[C@H](NCc1ccccc1)c1ccccc1. The molecule has 0 radical (unpaired) electrons. The van der Waals surface area contributed by atoms with Gasteiger partial charge in [-0.2, -0.15) is 0 Å². The standard InChI is InChI=1S/C23H20N2O/c26-23(20-16-24-21-14-8-7-13-19(20)21)22(18-11-5-2-6-12-18)25-15-17-9-3-1-4-10-17/h1-14,16,22,24-25H,15H2/t22-/m1/s1. The van der Waals surface area contributed by atoms with Gasteiger partial charge in [-0.15, -0.1) is 0 Å². The van der Waals surface area contributed by atoms with Gasteiger partial charge < -0.3 is 4.98 Å². The number of rotatable bonds is 6. The first-order chi connectivity index (χ1) is 12.8. The number of benzene rings is 3. The van der Waals surface area contributed by atoms with Crippen molar-refractivity contribution in [3.63, 3.8) is 0 Å². The van der Waals surface area contributed by atoms with Gasteiger partial charge in [0, 0.05) is 29.2 Å². The Hall–Kier alpha value is -3.17. The Morgan fingerprint density at radius 1 is 0.846 bits per heavy atom. The number of nitrogens with one attached hydrogen (secondary N) is 2. The summed E-state index contributed by atoms with van der Waals surface area (Å²) in [4.78, 5) is 16.6. The predicted octanol–water partition coefficient (Wildman–Crippen LogP) is 4.88. The third kappa shape index (κ3) is 3.30. The molecule has 4 rings (SSSR count). The van der Waals surface area contributed by atoms with Crippen LogP contribution < -0.4 is 5.32 Å². The molecule has 0 aliphatic rings. The fourth-order valence-corrected chi connectivity index (χ4v) is 3.25. The minimum atomic E-state index is -0.393. The number of carbonyl (C=O) groups is 1. The van der Waals surface area contributed by atoms with Crippen LogP contribution in [-0.4, -0.2) is 10.8 Å². The fourth-order valence-electron chi connectivity index (χ4n) is 3.25. The zero-order valence-electron chi connectivity index (χ0n) is 14.4. The summed E-state index contributed by atoms with van der Waals surface area (Å²) in [6.07, 6.45) is 1.81. The molecule has 1 aromatic heterocycles. The van der Waals surface area contributed by atoms with Gasteiger partial charge in [0.25, 0.3) is 0 Å². The fraction of sp³-hybridized carbons (Fsp3) is 0.0870. The first-order valence-corrected chi connectivity index (χ1v) is 8.75. The summed E-state index contributed by atoms with van der Waals surface area (Å²) in [5.74, 6) is 0.0737. The molecule has 1 heterocycles. The van der Waals surface area contributed by atoms with Crippen molar-refractivity contribution in [1.82, 2.24) is 10.3 Å². The highest BCUT2D eigenvalue weighted by Gasteiger charge is 2.23. The van der Waals surface area contributed by atoms with Gasteiger partial charge in [-0.05, 0) is 17.2 Å². The second-order valence-corrected chi connectivity index (χ2v) is 6.32. The molecule has 3 heteroatoms. The molecule has 1 atom stereocenters. The van der Waals surface area contributed by atoms with Crippen LogP contribution in [0.25, 0.3) is 10.9 Å². The Bertz CT molecular complexity index is 1010. The number of hydrogen-bond acceptors (Lipinski definition) is 2. The van der Waals surface area contributed by atoms with Crippen LogP contribution in [0, 0.1) is 0 Å². The number of aromatic amines is 1. The van der Waals surface area contributed by atoms with Crippen molar-refractivity contribution in [2.45, 2.75) is 12.6 Å². The molecular formula is C23H20N2O. The molecule has 0 bridgehead atoms. The zero-order valence-corrected chi connectivity index (χ0v) is 14.4. The minimum absolute atomic E-state index is 0.0737. The van der Waals surface area contributed by atoms with Gasteiger partial charge in [0.05, 0.1) is 6.04 Å². The third-order valence-electron chi connectivity index (χ3n) is 4.60. The van der Waals surface area contributed by atoms with Gasteiger partial charge in [-0.25, -0.2) is 0 Å². The molecule has 0 saturated heterocycles. The van der Waals surface area contributed by atoms with Gasteiger partial charge in [-0.3, -0.25) is 10.1 Å². The minimum Gasteiger partial charge on any atom is -0.360 e. The summed E-state index contributed by atoms with van der Waals surface area (Å²) >= 11 is 0. The van der Waals surface area contributed by atoms with Crippen LogP contribution in [0.3, 0.4) is 0 Å². The zero-order chi connectivity index (χ0) is 17.8. The molecule has 26 heavy (non-hydrogen) atoms. The number of fused-ring (bicyclic) bond motifs is 1. The number of carbonyl (C=O) groups excluding carboxylic acids is 1. The summed E-state index contributed by atoms with van der Waals surface area (Å²) in [7, 11) is 0. The number of para-hydroxylation sites is 1. The molecule has 0 unspecified atom stereocenters. The highest BCUT2D eigenvalue weighted by molar-refractivity contribution is 6.10. The van der Waals surface area contributed by atoms with E-state index in [0.29, 0.717) is 6.54 Å². The van der Waals surface area contributed by atoms with E-state index >= 15 is 0 Å². The maximum atomic E-state index is 13.4. The molecule has 3 aromatic carbocycles. The molecule has 3 nitrogen and oxygen atoms in total. The largest absolute Gasteiger partial charge is 0.360 e. The van der Waals surface area contributed by atoms with Gasteiger partial charge >= 0.3 is 0 Å². The lowest BCUT2D eigenvalue weighted by atomic mass is 9.96. The first-order valence-electron chi connectivity index (χ1n) is 8.75. The average molecular weight is 340 g/mol. The lowest BCUT2D eigenvalue weighted by Crippen LogP contribution is -2.28. The summed E-state index contributed by atoms with van der Waals surface area (Å²) in [5.41, 5.74) is 3.82. The second-order valence-electron chi connectivity index (χ2n) is 6.32. The van der Waals surface area contributed by atoms with Gasteiger partial charge in [-0.1, -0.05) is 78.9 Å². The summed E-state index contributed by atoms with van der Waals surface area (Å²) < 4.78 is 0. The Balaban J connectivity index is 1.67. The first kappa shape index (κ1) is 16.3. The molecule has 0 aliphatic carbocycles. The van der Waals surface area contributed by atoms with E-state index in [0.717, 1.165) is 27.6 Å². The van der Waals surface area contributed by atoms with Crippen molar-refractivity contribution < 1.29 is 4.79 Å². The van der Waals surface area contributed by atoms with Crippen LogP contribution in [0.1, 0.15) is 27.5 Å². The maximum absolute atomic E-state index is 13.4. The number of Topliss-reactive ketones (excluding diaryl/α,β-unsaturated/α-hetero) is 1. The Morgan fingerprint density at radius 3 is 2.27 bits per heavy atom. The van der Waals surface area contributed by atoms with E-state index in [1.807, 2.05) is 79.0 Å². The van der Waals surface area contributed by atoms with Gasteiger partial charge in [0.15, 0.2) is 5.78 Å². The van der Waals surface area contributed by atoms with Crippen molar-refractivity contribution >= 4 is 16.7 Å². The van der Waals surface area contributed by atoms with Crippen LogP contribution in [0.4, 0.5) is 0 Å². The monoisotopic (exact) mass is 340 g/mol. The van der Waals surface area contributed by atoms with E-state index in [1.165, 1.54) is 0 Å². The van der Waals surface area contributed by atoms with Crippen molar-refractivity contribution in [3.05, 3.63) is 108 Å². The smallest absolute Gasteiger partial charge is 0.186 e. The summed E-state index contributed by atoms with van der Waals surface area (Å²) in [6.45, 7) is 0.633. The molecule has 0 aliphatic heterocycles. The third-order valence-corrected chi connectivity index (χ3v) is 4.60. The highest BCUT2D eigenvalue weighted by atomic mass is 16.1. The van der Waals surface area contributed by atoms with E-state index in [9.17, 15) is 4.79 Å². The topological polar surface area (TPSA) is 44.9 Å². The van der Waals surface area contributed by atoms with Crippen LogP contribution >= 0.6 is 0 Å². The summed E-state index contributed by atoms with van der Waals surface area (Å²) in [6, 6.07) is 27.5. The number of ketones is 1. The normalized spacial score (nSPS) is 12.2. The van der Waals surface area contributed by atoms with E-state index in [2.05, 4.69) is 22.4 Å². The predicted molar refractivity (Wildman–Crippen MR) is 105 cm³/mol. The molecule has 0 fully saturated rings. The number of hydrogen-bond donors (Lipinski definition) is 2. The quantitative estimate of drug-likeness (QED) is 0.491. The Labute approximate surface area is 152 Å². The molecule has 2 N–H and O–H groups in total. The number of aromatic nitrogens is 1. The van der Waals surface area contributed by atoms with Crippen molar-refractivity contribution in [2.75, 3.05) is 0 Å². The Morgan fingerprint density at radius 2 is 1.50 bits per heavy atom. The molecular weight excluding hydrogens is 320 g/mol. The van der Waals surface area contributed by atoms with Gasteiger partial charge in [0.2, 0.25) is 0 Å². The van der Waals surface area contributed by atoms with Crippen LogP contribution in [0.2, 0.25) is 0 Å². The summed E-state index contributed by atoms with van der Waals surface area (Å²) in [5, 5.41) is 4.40. The van der Waals surface area contributed by atoms with Crippen molar-refractivity contribution in [1.29, 1.82) is 0 Å². The van der Waals surface area contributed by atoms with E-state index in [1.54, 1.807) is 0 Å². The van der Waals surface area contributed by atoms with E-state index in [4.69, 9.17) is 0 Å². The molecule has 0 spiro atoms. The Kier molecular flexibility index (Phi) is 4.63. The van der Waals surface area contributed by atoms with Crippen LogP contribution in [0.15, 0.2) is 91.1 Å². The van der Waals surface area contributed by atoms with Crippen LogP contribution in [0.5, 0.6) is 0 Å². The van der Waals surface area contributed by atoms with Gasteiger partial charge in [0.1, 0.15) is 0 Å². The second kappa shape index (κ2) is 7.38.